The number of carbonyl (C=O) groups excluding carboxylic acids is 1. The molecule has 1 aromatic carbocycles. The molecule has 1 heterocycles. The summed E-state index contributed by atoms with van der Waals surface area (Å²) in [6.07, 6.45) is 0. The molecular formula is C13H17N3O4. The van der Waals surface area contributed by atoms with Crippen LogP contribution in [0.1, 0.15) is 17.3 Å². The number of nitrogens with one attached hydrogen (secondary N) is 1. The molecule has 1 atom stereocenters. The fraction of sp³-hybridized carbons (Fsp3) is 0.462. The fourth-order valence-corrected chi connectivity index (χ4v) is 2.32. The molecule has 108 valence electrons. The van der Waals surface area contributed by atoms with E-state index in [9.17, 15) is 14.9 Å². The fourth-order valence-electron chi connectivity index (χ4n) is 2.32. The molecule has 1 fully saturated rings. The number of nitro benzene ring substituents is 1. The first-order valence-corrected chi connectivity index (χ1v) is 6.40. The summed E-state index contributed by atoms with van der Waals surface area (Å²) in [6.45, 7) is 3.36. The van der Waals surface area contributed by atoms with Crippen LogP contribution in [0.3, 0.4) is 0 Å². The van der Waals surface area contributed by atoms with Gasteiger partial charge in [0.2, 0.25) is 0 Å². The highest BCUT2D eigenvalue weighted by Gasteiger charge is 2.28. The van der Waals surface area contributed by atoms with Crippen LogP contribution in [-0.4, -0.2) is 48.6 Å². The zero-order valence-electron chi connectivity index (χ0n) is 11.5. The summed E-state index contributed by atoms with van der Waals surface area (Å²) in [7, 11) is 1.57. The van der Waals surface area contributed by atoms with Crippen molar-refractivity contribution >= 4 is 17.3 Å². The largest absolute Gasteiger partial charge is 0.382 e. The number of amides is 1. The topological polar surface area (TPSA) is 84.7 Å². The Hall–Kier alpha value is -2.15. The number of benzene rings is 1. The molecular weight excluding hydrogens is 262 g/mol. The van der Waals surface area contributed by atoms with Gasteiger partial charge in [0.05, 0.1) is 29.7 Å². The number of nitro groups is 1. The van der Waals surface area contributed by atoms with Crippen molar-refractivity contribution < 1.29 is 14.5 Å². The Morgan fingerprint density at radius 1 is 1.55 bits per heavy atom. The average molecular weight is 279 g/mol. The summed E-state index contributed by atoms with van der Waals surface area (Å²) in [5.74, 6) is -0.214. The maximum absolute atomic E-state index is 12.6. The molecule has 0 aromatic heterocycles. The predicted molar refractivity (Wildman–Crippen MR) is 74.0 cm³/mol. The van der Waals surface area contributed by atoms with Crippen molar-refractivity contribution in [3.8, 4) is 0 Å². The van der Waals surface area contributed by atoms with E-state index >= 15 is 0 Å². The number of rotatable bonds is 3. The lowest BCUT2D eigenvalue weighted by molar-refractivity contribution is -0.384. The SMILES string of the molecule is CNc1c(C(=O)N2CCOCC2C)cccc1[N+](=O)[O-]. The molecule has 1 saturated heterocycles. The molecule has 0 spiro atoms. The van der Waals surface area contributed by atoms with Gasteiger partial charge in [-0.05, 0) is 13.0 Å². The van der Waals surface area contributed by atoms with Gasteiger partial charge in [-0.2, -0.15) is 0 Å². The van der Waals surface area contributed by atoms with Gasteiger partial charge in [0.1, 0.15) is 5.69 Å². The molecule has 7 nitrogen and oxygen atoms in total. The summed E-state index contributed by atoms with van der Waals surface area (Å²) < 4.78 is 5.30. The van der Waals surface area contributed by atoms with Crippen LogP contribution in [0, 0.1) is 10.1 Å². The van der Waals surface area contributed by atoms with Crippen LogP contribution in [0.2, 0.25) is 0 Å². The quantitative estimate of drug-likeness (QED) is 0.669. The Morgan fingerprint density at radius 2 is 2.30 bits per heavy atom. The Morgan fingerprint density at radius 3 is 2.90 bits per heavy atom. The molecule has 1 aliphatic heterocycles. The van der Waals surface area contributed by atoms with Gasteiger partial charge in [-0.25, -0.2) is 0 Å². The van der Waals surface area contributed by atoms with Crippen LogP contribution in [0.5, 0.6) is 0 Å². The molecule has 0 bridgehead atoms. The van der Waals surface area contributed by atoms with Gasteiger partial charge in [-0.3, -0.25) is 14.9 Å². The lowest BCUT2D eigenvalue weighted by atomic mass is 10.1. The highest BCUT2D eigenvalue weighted by molar-refractivity contribution is 6.01. The minimum Gasteiger partial charge on any atom is -0.382 e. The van der Waals surface area contributed by atoms with E-state index in [1.807, 2.05) is 6.92 Å². The lowest BCUT2D eigenvalue weighted by Gasteiger charge is -2.33. The third-order valence-electron chi connectivity index (χ3n) is 3.35. The van der Waals surface area contributed by atoms with Gasteiger partial charge in [0, 0.05) is 19.7 Å². The molecule has 1 aliphatic rings. The van der Waals surface area contributed by atoms with Crippen molar-refractivity contribution in [1.82, 2.24) is 4.90 Å². The molecule has 1 amide bonds. The van der Waals surface area contributed by atoms with E-state index in [0.29, 0.717) is 25.3 Å². The summed E-state index contributed by atoms with van der Waals surface area (Å²) in [5.41, 5.74) is 0.468. The number of anilines is 1. The zero-order valence-corrected chi connectivity index (χ0v) is 11.5. The zero-order chi connectivity index (χ0) is 14.7. The third-order valence-corrected chi connectivity index (χ3v) is 3.35. The van der Waals surface area contributed by atoms with Gasteiger partial charge >= 0.3 is 0 Å². The number of ether oxygens (including phenoxy) is 1. The van der Waals surface area contributed by atoms with E-state index in [0.717, 1.165) is 0 Å². The minimum absolute atomic E-state index is 0.0415. The van der Waals surface area contributed by atoms with E-state index in [1.54, 1.807) is 18.0 Å². The first-order chi connectivity index (χ1) is 9.56. The highest BCUT2D eigenvalue weighted by atomic mass is 16.6. The molecule has 0 radical (unpaired) electrons. The summed E-state index contributed by atoms with van der Waals surface area (Å²) in [4.78, 5) is 24.8. The number of nitrogens with zero attached hydrogens (tertiary/aromatic N) is 2. The van der Waals surface area contributed by atoms with Crippen LogP contribution in [-0.2, 0) is 4.74 Å². The number of carbonyl (C=O) groups is 1. The van der Waals surface area contributed by atoms with Crippen LogP contribution in [0.4, 0.5) is 11.4 Å². The normalized spacial score (nSPS) is 18.7. The minimum atomic E-state index is -0.495. The standard InChI is InChI=1S/C13H17N3O4/c1-9-8-20-7-6-15(9)13(17)10-4-3-5-11(16(18)19)12(10)14-2/h3-5,9,14H,6-8H2,1-2H3. The molecule has 0 saturated carbocycles. The average Bonchev–Trinajstić information content (AvgIpc) is 2.46. The number of hydrogen-bond donors (Lipinski definition) is 1. The molecule has 1 aromatic rings. The molecule has 2 rings (SSSR count). The van der Waals surface area contributed by atoms with E-state index in [2.05, 4.69) is 5.32 Å². The maximum atomic E-state index is 12.6. The smallest absolute Gasteiger partial charge is 0.293 e. The summed E-state index contributed by atoms with van der Waals surface area (Å²) in [5, 5.41) is 13.8. The Balaban J connectivity index is 2.39. The van der Waals surface area contributed by atoms with Crippen LogP contribution in [0.25, 0.3) is 0 Å². The summed E-state index contributed by atoms with van der Waals surface area (Å²) >= 11 is 0. The third kappa shape index (κ3) is 2.57. The monoisotopic (exact) mass is 279 g/mol. The van der Waals surface area contributed by atoms with Crippen molar-refractivity contribution in [2.75, 3.05) is 32.1 Å². The van der Waals surface area contributed by atoms with Gasteiger partial charge in [0.25, 0.3) is 11.6 Å². The molecule has 20 heavy (non-hydrogen) atoms. The van der Waals surface area contributed by atoms with Crippen molar-refractivity contribution in [3.63, 3.8) is 0 Å². The van der Waals surface area contributed by atoms with Crippen LogP contribution in [0.15, 0.2) is 18.2 Å². The summed E-state index contributed by atoms with van der Waals surface area (Å²) in [6, 6.07) is 4.46. The maximum Gasteiger partial charge on any atom is 0.293 e. The van der Waals surface area contributed by atoms with Gasteiger partial charge < -0.3 is 15.0 Å². The Labute approximate surface area is 116 Å². The number of morpholine rings is 1. The van der Waals surface area contributed by atoms with Crippen molar-refractivity contribution in [3.05, 3.63) is 33.9 Å². The molecule has 1 unspecified atom stereocenters. The van der Waals surface area contributed by atoms with E-state index in [4.69, 9.17) is 4.74 Å². The van der Waals surface area contributed by atoms with Crippen LogP contribution < -0.4 is 5.32 Å². The second kappa shape index (κ2) is 5.87. The second-order valence-electron chi connectivity index (χ2n) is 4.63. The lowest BCUT2D eigenvalue weighted by Crippen LogP contribution is -2.47. The first kappa shape index (κ1) is 14.3. The van der Waals surface area contributed by atoms with Crippen molar-refractivity contribution in [2.45, 2.75) is 13.0 Å². The van der Waals surface area contributed by atoms with Gasteiger partial charge in [-0.15, -0.1) is 0 Å². The molecule has 0 aliphatic carbocycles. The second-order valence-corrected chi connectivity index (χ2v) is 4.63. The Kier molecular flexibility index (Phi) is 4.19. The highest BCUT2D eigenvalue weighted by Crippen LogP contribution is 2.29. The molecule has 1 N–H and O–H groups in total. The first-order valence-electron chi connectivity index (χ1n) is 6.40. The van der Waals surface area contributed by atoms with E-state index < -0.39 is 4.92 Å². The van der Waals surface area contributed by atoms with E-state index in [1.165, 1.54) is 12.1 Å². The van der Waals surface area contributed by atoms with Gasteiger partial charge in [0.15, 0.2) is 0 Å². The van der Waals surface area contributed by atoms with Crippen LogP contribution >= 0.6 is 0 Å². The predicted octanol–water partition coefficient (Wildman–Crippen LogP) is 1.50. The van der Waals surface area contributed by atoms with Crippen molar-refractivity contribution in [2.24, 2.45) is 0 Å². The van der Waals surface area contributed by atoms with Gasteiger partial charge in [-0.1, -0.05) is 6.07 Å². The number of hydrogen-bond acceptors (Lipinski definition) is 5. The Bertz CT molecular complexity index is 532. The number of para-hydroxylation sites is 1. The molecule has 7 heteroatoms. The van der Waals surface area contributed by atoms with Crippen molar-refractivity contribution in [1.29, 1.82) is 0 Å². The van der Waals surface area contributed by atoms with E-state index in [-0.39, 0.29) is 23.3 Å².